The molecule has 4 N–H and O–H groups in total. The summed E-state index contributed by atoms with van der Waals surface area (Å²) in [7, 11) is 0. The zero-order chi connectivity index (χ0) is 32.5. The number of carboxylic acids is 1. The van der Waals surface area contributed by atoms with E-state index < -0.39 is 33.9 Å². The van der Waals surface area contributed by atoms with Gasteiger partial charge in [0.1, 0.15) is 5.70 Å². The Hall–Kier alpha value is -5.46. The standard InChI is InChI=1S/C32H25ClN4O7S/c1-19(29(38)35-27-17-22(32(41)42)12-15-26(27)33)45-25-9-5-8-23(18-25)34-31(40)28(36-30(39)21-6-3-2-4-7-21)16-20-10-13-24(14-11-20)37(43)44/h2-19H,1H3,(H,34,40)(H,35,38)(H,36,39)(H,41,42)/b28-16+. The van der Waals surface area contributed by atoms with Crippen molar-refractivity contribution >= 4 is 70.2 Å². The molecule has 228 valence electrons. The first-order valence-corrected chi connectivity index (χ1v) is 14.5. The Balaban J connectivity index is 1.49. The number of halogens is 1. The van der Waals surface area contributed by atoms with E-state index in [2.05, 4.69) is 16.0 Å². The van der Waals surface area contributed by atoms with Gasteiger partial charge in [0.2, 0.25) is 5.91 Å². The predicted octanol–water partition coefficient (Wildman–Crippen LogP) is 6.48. The van der Waals surface area contributed by atoms with Crippen molar-refractivity contribution in [2.45, 2.75) is 17.1 Å². The van der Waals surface area contributed by atoms with Crippen molar-refractivity contribution in [3.63, 3.8) is 0 Å². The molecule has 4 aromatic rings. The number of nitrogens with zero attached hydrogens (tertiary/aromatic N) is 1. The van der Waals surface area contributed by atoms with Crippen molar-refractivity contribution in [1.82, 2.24) is 5.32 Å². The van der Waals surface area contributed by atoms with Gasteiger partial charge in [0, 0.05) is 28.3 Å². The molecule has 3 amide bonds. The fourth-order valence-corrected chi connectivity index (χ4v) is 4.98. The quantitative estimate of drug-likeness (QED) is 0.0623. The van der Waals surface area contributed by atoms with Gasteiger partial charge in [0.15, 0.2) is 0 Å². The summed E-state index contributed by atoms with van der Waals surface area (Å²) in [6.07, 6.45) is 1.40. The lowest BCUT2D eigenvalue weighted by atomic mass is 10.1. The number of non-ortho nitro benzene ring substituents is 1. The van der Waals surface area contributed by atoms with Crippen LogP contribution in [0, 0.1) is 10.1 Å². The van der Waals surface area contributed by atoms with Crippen molar-refractivity contribution in [2.75, 3.05) is 10.6 Å². The number of nitro benzene ring substituents is 1. The lowest BCUT2D eigenvalue weighted by Crippen LogP contribution is -2.30. The van der Waals surface area contributed by atoms with E-state index in [1.807, 2.05) is 0 Å². The molecule has 0 aliphatic heterocycles. The van der Waals surface area contributed by atoms with Gasteiger partial charge in [-0.1, -0.05) is 35.9 Å². The average Bonchev–Trinajstić information content (AvgIpc) is 3.02. The van der Waals surface area contributed by atoms with Crippen molar-refractivity contribution in [3.05, 3.63) is 135 Å². The summed E-state index contributed by atoms with van der Waals surface area (Å²) < 4.78 is 0. The van der Waals surface area contributed by atoms with E-state index in [4.69, 9.17) is 11.6 Å². The molecule has 0 aliphatic rings. The molecular weight excluding hydrogens is 620 g/mol. The van der Waals surface area contributed by atoms with Crippen molar-refractivity contribution in [1.29, 1.82) is 0 Å². The van der Waals surface area contributed by atoms with Crippen LogP contribution in [0.25, 0.3) is 6.08 Å². The van der Waals surface area contributed by atoms with Crippen LogP contribution >= 0.6 is 23.4 Å². The second-order valence-electron chi connectivity index (χ2n) is 9.46. The summed E-state index contributed by atoms with van der Waals surface area (Å²) in [5, 5.41) is 27.8. The highest BCUT2D eigenvalue weighted by molar-refractivity contribution is 8.00. The van der Waals surface area contributed by atoms with Gasteiger partial charge in [0.25, 0.3) is 17.5 Å². The number of thioether (sulfide) groups is 1. The Morgan fingerprint density at radius 2 is 1.60 bits per heavy atom. The molecule has 0 aromatic heterocycles. The molecule has 0 aliphatic carbocycles. The smallest absolute Gasteiger partial charge is 0.335 e. The minimum absolute atomic E-state index is 0.0274. The number of anilines is 2. The van der Waals surface area contributed by atoms with Crippen LogP contribution in [0.15, 0.2) is 108 Å². The van der Waals surface area contributed by atoms with Crippen molar-refractivity contribution in [3.8, 4) is 0 Å². The van der Waals surface area contributed by atoms with Crippen LogP contribution in [-0.4, -0.2) is 39.0 Å². The molecule has 13 heteroatoms. The molecule has 0 radical (unpaired) electrons. The van der Waals surface area contributed by atoms with E-state index >= 15 is 0 Å². The van der Waals surface area contributed by atoms with Crippen LogP contribution in [0.4, 0.5) is 17.1 Å². The van der Waals surface area contributed by atoms with Crippen molar-refractivity contribution < 1.29 is 29.2 Å². The Bertz CT molecular complexity index is 1800. The number of hydrogen-bond acceptors (Lipinski definition) is 7. The van der Waals surface area contributed by atoms with Crippen LogP contribution in [0.1, 0.15) is 33.2 Å². The molecule has 0 saturated heterocycles. The molecule has 0 spiro atoms. The molecule has 0 saturated carbocycles. The predicted molar refractivity (Wildman–Crippen MR) is 172 cm³/mol. The molecule has 4 rings (SSSR count). The number of hydrogen-bond donors (Lipinski definition) is 4. The van der Waals surface area contributed by atoms with Gasteiger partial charge >= 0.3 is 5.97 Å². The lowest BCUT2D eigenvalue weighted by Gasteiger charge is -2.15. The maximum atomic E-state index is 13.4. The normalized spacial score (nSPS) is 11.6. The summed E-state index contributed by atoms with van der Waals surface area (Å²) in [5.41, 5.74) is 1.04. The topological polar surface area (TPSA) is 168 Å². The molecular formula is C32H25ClN4O7S. The largest absolute Gasteiger partial charge is 0.478 e. The van der Waals surface area contributed by atoms with Crippen LogP contribution in [-0.2, 0) is 9.59 Å². The number of aromatic carboxylic acids is 1. The summed E-state index contributed by atoms with van der Waals surface area (Å²) >= 11 is 7.32. The number of rotatable bonds is 11. The maximum Gasteiger partial charge on any atom is 0.335 e. The van der Waals surface area contributed by atoms with E-state index in [9.17, 15) is 34.4 Å². The molecule has 45 heavy (non-hydrogen) atoms. The second-order valence-corrected chi connectivity index (χ2v) is 11.3. The van der Waals surface area contributed by atoms with Gasteiger partial charge < -0.3 is 21.1 Å². The summed E-state index contributed by atoms with van der Waals surface area (Å²) in [6.45, 7) is 1.66. The third-order valence-corrected chi connectivity index (χ3v) is 7.61. The van der Waals surface area contributed by atoms with E-state index in [0.29, 0.717) is 21.7 Å². The summed E-state index contributed by atoms with van der Waals surface area (Å²) in [6, 6.07) is 24.5. The van der Waals surface area contributed by atoms with Gasteiger partial charge in [-0.25, -0.2) is 4.79 Å². The van der Waals surface area contributed by atoms with Gasteiger partial charge in [-0.15, -0.1) is 11.8 Å². The fraction of sp³-hybridized carbons (Fsp3) is 0.0625. The van der Waals surface area contributed by atoms with Gasteiger partial charge in [0.05, 0.1) is 26.4 Å². The number of benzene rings is 4. The Morgan fingerprint density at radius 1 is 0.889 bits per heavy atom. The SMILES string of the molecule is CC(Sc1cccc(NC(=O)/C(=C\c2ccc([N+](=O)[O-])cc2)NC(=O)c2ccccc2)c1)C(=O)Nc1cc(C(=O)O)ccc1Cl. The third-order valence-electron chi connectivity index (χ3n) is 6.19. The molecule has 1 atom stereocenters. The highest BCUT2D eigenvalue weighted by Crippen LogP contribution is 2.29. The van der Waals surface area contributed by atoms with Gasteiger partial charge in [-0.3, -0.25) is 24.5 Å². The first-order valence-electron chi connectivity index (χ1n) is 13.2. The zero-order valence-corrected chi connectivity index (χ0v) is 25.1. The Kier molecular flexibility index (Phi) is 10.7. The monoisotopic (exact) mass is 644 g/mol. The maximum absolute atomic E-state index is 13.4. The second kappa shape index (κ2) is 14.8. The van der Waals surface area contributed by atoms with E-state index in [0.717, 1.165) is 0 Å². The number of carboxylic acid groups (broad SMARTS) is 1. The molecule has 0 heterocycles. The zero-order valence-electron chi connectivity index (χ0n) is 23.5. The number of carbonyl (C=O) groups excluding carboxylic acids is 3. The Labute approximate surface area is 266 Å². The van der Waals surface area contributed by atoms with E-state index in [-0.39, 0.29) is 27.7 Å². The molecule has 11 nitrogen and oxygen atoms in total. The van der Waals surface area contributed by atoms with E-state index in [1.54, 1.807) is 61.5 Å². The lowest BCUT2D eigenvalue weighted by molar-refractivity contribution is -0.384. The number of carbonyl (C=O) groups is 4. The molecule has 4 aromatic carbocycles. The Morgan fingerprint density at radius 3 is 2.27 bits per heavy atom. The summed E-state index contributed by atoms with van der Waals surface area (Å²) in [4.78, 5) is 61.5. The van der Waals surface area contributed by atoms with Gasteiger partial charge in [-0.05, 0) is 79.2 Å². The highest BCUT2D eigenvalue weighted by atomic mass is 35.5. The molecule has 1 unspecified atom stereocenters. The van der Waals surface area contributed by atoms with E-state index in [1.165, 1.54) is 60.3 Å². The molecule has 0 fully saturated rings. The van der Waals surface area contributed by atoms with Crippen molar-refractivity contribution in [2.24, 2.45) is 0 Å². The van der Waals surface area contributed by atoms with Gasteiger partial charge in [-0.2, -0.15) is 0 Å². The minimum Gasteiger partial charge on any atom is -0.478 e. The average molecular weight is 645 g/mol. The fourth-order valence-electron chi connectivity index (χ4n) is 3.89. The molecule has 0 bridgehead atoms. The first-order chi connectivity index (χ1) is 21.5. The number of nitrogens with one attached hydrogen (secondary N) is 3. The van der Waals surface area contributed by atoms with Crippen LogP contribution in [0.3, 0.4) is 0 Å². The van der Waals surface area contributed by atoms with Crippen LogP contribution in [0.5, 0.6) is 0 Å². The highest BCUT2D eigenvalue weighted by Gasteiger charge is 2.19. The van der Waals surface area contributed by atoms with Crippen LogP contribution in [0.2, 0.25) is 5.02 Å². The van der Waals surface area contributed by atoms with Crippen LogP contribution < -0.4 is 16.0 Å². The third kappa shape index (κ3) is 9.02. The summed E-state index contributed by atoms with van der Waals surface area (Å²) in [5.74, 6) is -2.76. The number of amides is 3. The first kappa shape index (κ1) is 32.5. The minimum atomic E-state index is -1.16. The number of nitro groups is 1.